The number of likely N-dealkylation sites (N-methyl/N-ethyl adjacent to an activating group) is 1. The molecule has 0 fully saturated rings. The molecule has 0 saturated carbocycles. The molecule has 3 N–H and O–H groups in total. The van der Waals surface area contributed by atoms with Crippen molar-refractivity contribution >= 4 is 17.9 Å². The number of amides is 1. The molecule has 9 heteroatoms. The van der Waals surface area contributed by atoms with Gasteiger partial charge in [0.15, 0.2) is 5.78 Å². The zero-order valence-electron chi connectivity index (χ0n) is 28.1. The van der Waals surface area contributed by atoms with Gasteiger partial charge >= 0.3 is 0 Å². The van der Waals surface area contributed by atoms with Crippen molar-refractivity contribution in [2.75, 3.05) is 39.3 Å². The van der Waals surface area contributed by atoms with E-state index in [-0.39, 0.29) is 12.2 Å². The zero-order chi connectivity index (χ0) is 33.6. The molecule has 0 saturated heterocycles. The quantitative estimate of drug-likeness (QED) is 0.105. The van der Waals surface area contributed by atoms with E-state index in [1.54, 1.807) is 44.3 Å². The molecule has 0 aliphatic rings. The van der Waals surface area contributed by atoms with Gasteiger partial charge in [0.1, 0.15) is 12.4 Å². The molecule has 0 radical (unpaired) electrons. The van der Waals surface area contributed by atoms with Gasteiger partial charge < -0.3 is 19.8 Å². The Kier molecular flexibility index (Phi) is 14.6. The van der Waals surface area contributed by atoms with Gasteiger partial charge in [-0.05, 0) is 86.8 Å². The van der Waals surface area contributed by atoms with E-state index in [2.05, 4.69) is 29.3 Å². The van der Waals surface area contributed by atoms with E-state index in [4.69, 9.17) is 4.74 Å². The van der Waals surface area contributed by atoms with Crippen LogP contribution < -0.4 is 10.2 Å². The van der Waals surface area contributed by atoms with Crippen LogP contribution in [0.25, 0.3) is 0 Å². The minimum atomic E-state index is -0.553. The molecule has 2 atom stereocenters. The van der Waals surface area contributed by atoms with Crippen molar-refractivity contribution in [3.8, 4) is 5.75 Å². The monoisotopic (exact) mass is 630 g/mol. The average Bonchev–Trinajstić information content (AvgIpc) is 3.01. The zero-order valence-corrected chi connectivity index (χ0v) is 28.1. The lowest BCUT2D eigenvalue weighted by atomic mass is 9.97. The van der Waals surface area contributed by atoms with Gasteiger partial charge in [0.2, 0.25) is 0 Å². The van der Waals surface area contributed by atoms with E-state index in [1.165, 1.54) is 5.56 Å². The average molecular weight is 631 g/mol. The van der Waals surface area contributed by atoms with Crippen LogP contribution in [-0.4, -0.2) is 89.5 Å². The molecule has 3 aromatic rings. The summed E-state index contributed by atoms with van der Waals surface area (Å²) in [5, 5.41) is 24.0. The number of aryl methyl sites for hydroxylation is 2. The van der Waals surface area contributed by atoms with Crippen LogP contribution in [0.15, 0.2) is 65.8 Å². The highest BCUT2D eigenvalue weighted by Gasteiger charge is 2.18. The summed E-state index contributed by atoms with van der Waals surface area (Å²) in [7, 11) is 0. The molecule has 9 nitrogen and oxygen atoms in total. The fourth-order valence-electron chi connectivity index (χ4n) is 5.24. The van der Waals surface area contributed by atoms with Gasteiger partial charge in [-0.3, -0.25) is 14.5 Å². The van der Waals surface area contributed by atoms with Crippen LogP contribution in [0.4, 0.5) is 0 Å². The third-order valence-corrected chi connectivity index (χ3v) is 7.86. The van der Waals surface area contributed by atoms with E-state index in [0.717, 1.165) is 36.3 Å². The predicted octanol–water partition coefficient (Wildman–Crippen LogP) is 4.78. The molecule has 0 heterocycles. The fraction of sp³-hybridized carbons (Fsp3) is 0.432. The van der Waals surface area contributed by atoms with E-state index >= 15 is 0 Å². The third kappa shape index (κ3) is 11.8. The van der Waals surface area contributed by atoms with Crippen LogP contribution in [0.2, 0.25) is 0 Å². The molecule has 0 aliphatic heterocycles. The number of aliphatic hydroxyl groups is 2. The highest BCUT2D eigenvalue weighted by Crippen LogP contribution is 2.21. The Hall–Kier alpha value is -3.89. The number of benzene rings is 3. The summed E-state index contributed by atoms with van der Waals surface area (Å²) < 4.78 is 6.00. The second-order valence-corrected chi connectivity index (χ2v) is 11.9. The highest BCUT2D eigenvalue weighted by molar-refractivity contribution is 6.01. The van der Waals surface area contributed by atoms with Crippen LogP contribution in [0.1, 0.15) is 76.2 Å². The number of rotatable bonds is 18. The van der Waals surface area contributed by atoms with Gasteiger partial charge in [-0.1, -0.05) is 56.3 Å². The Balaban J connectivity index is 1.81. The standard InChI is InChI=1S/C37H50N4O5/c1-7-40(8-2)16-17-46-34-15-14-32(35(21-34)37(45)39-38-22-30-13-12-26(3)27(4)18-30)20-36(44)33-11-9-10-31(19-33)25-41(23-28(5)42)24-29(6)43/h9-15,18-19,21-22,28-29,42-43H,7-8,16-17,20,23-25H2,1-6H3,(H,39,45)/b38-22+. The number of carbonyl (C=O) groups excluding carboxylic acids is 2. The van der Waals surface area contributed by atoms with Crippen LogP contribution in [0.3, 0.4) is 0 Å². The van der Waals surface area contributed by atoms with Crippen molar-refractivity contribution in [3.05, 3.63) is 99.6 Å². The van der Waals surface area contributed by atoms with Crippen molar-refractivity contribution in [1.29, 1.82) is 0 Å². The third-order valence-electron chi connectivity index (χ3n) is 7.86. The molecule has 0 aromatic heterocycles. The number of hydrogen-bond acceptors (Lipinski definition) is 8. The predicted molar refractivity (Wildman–Crippen MR) is 184 cm³/mol. The summed E-state index contributed by atoms with van der Waals surface area (Å²) in [4.78, 5) is 31.2. The van der Waals surface area contributed by atoms with Gasteiger partial charge in [0.05, 0.1) is 18.4 Å². The Labute approximate surface area is 273 Å². The lowest BCUT2D eigenvalue weighted by Gasteiger charge is -2.25. The SMILES string of the molecule is CCN(CC)CCOc1ccc(CC(=O)c2cccc(CN(CC(C)O)CC(C)O)c2)c(C(=O)N/N=C/c2ccc(C)c(C)c2)c1. The first-order valence-electron chi connectivity index (χ1n) is 16.1. The topological polar surface area (TPSA) is 115 Å². The number of nitrogens with one attached hydrogen (secondary N) is 1. The van der Waals surface area contributed by atoms with E-state index < -0.39 is 18.1 Å². The van der Waals surface area contributed by atoms with Crippen LogP contribution in [-0.2, 0) is 13.0 Å². The normalized spacial score (nSPS) is 12.9. The molecule has 2 unspecified atom stereocenters. The maximum atomic E-state index is 13.5. The first-order valence-corrected chi connectivity index (χ1v) is 16.1. The number of aliphatic hydroxyl groups excluding tert-OH is 2. The molecular weight excluding hydrogens is 580 g/mol. The highest BCUT2D eigenvalue weighted by atomic mass is 16.5. The van der Waals surface area contributed by atoms with Gasteiger partial charge in [-0.2, -0.15) is 5.10 Å². The summed E-state index contributed by atoms with van der Waals surface area (Å²) in [6.45, 7) is 16.0. The number of carbonyl (C=O) groups is 2. The van der Waals surface area contributed by atoms with Gasteiger partial charge in [0, 0.05) is 43.7 Å². The summed E-state index contributed by atoms with van der Waals surface area (Å²) in [6, 6.07) is 18.5. The Morgan fingerprint density at radius 3 is 2.28 bits per heavy atom. The number of hydrazone groups is 1. The first kappa shape index (κ1) is 36.6. The maximum absolute atomic E-state index is 13.5. The van der Waals surface area contributed by atoms with Crippen molar-refractivity contribution in [3.63, 3.8) is 0 Å². The van der Waals surface area contributed by atoms with Crippen molar-refractivity contribution in [2.24, 2.45) is 5.10 Å². The maximum Gasteiger partial charge on any atom is 0.271 e. The van der Waals surface area contributed by atoms with Crippen molar-refractivity contribution in [2.45, 2.75) is 66.7 Å². The molecule has 0 aliphatic carbocycles. The van der Waals surface area contributed by atoms with Gasteiger partial charge in [0.25, 0.3) is 5.91 Å². The van der Waals surface area contributed by atoms with E-state index in [0.29, 0.717) is 48.7 Å². The first-order chi connectivity index (χ1) is 22.0. The summed E-state index contributed by atoms with van der Waals surface area (Å²) in [6.07, 6.45) is 0.506. The van der Waals surface area contributed by atoms with Crippen LogP contribution >= 0.6 is 0 Å². The van der Waals surface area contributed by atoms with E-state index in [1.807, 2.05) is 55.1 Å². The molecule has 1 amide bonds. The van der Waals surface area contributed by atoms with Crippen LogP contribution in [0, 0.1) is 13.8 Å². The number of Topliss-reactive ketones (excluding diaryl/α,β-unsaturated/α-hetero) is 1. The lowest BCUT2D eigenvalue weighted by Crippen LogP contribution is -2.35. The van der Waals surface area contributed by atoms with E-state index in [9.17, 15) is 19.8 Å². The Bertz CT molecular complexity index is 1460. The number of hydrogen-bond donors (Lipinski definition) is 3. The van der Waals surface area contributed by atoms with Gasteiger partial charge in [-0.25, -0.2) is 5.43 Å². The second-order valence-electron chi connectivity index (χ2n) is 11.9. The van der Waals surface area contributed by atoms with Crippen molar-refractivity contribution in [1.82, 2.24) is 15.2 Å². The fourth-order valence-corrected chi connectivity index (χ4v) is 5.24. The van der Waals surface area contributed by atoms with Gasteiger partial charge in [-0.15, -0.1) is 0 Å². The lowest BCUT2D eigenvalue weighted by molar-refractivity contribution is 0.0793. The number of nitrogens with zero attached hydrogens (tertiary/aromatic N) is 3. The molecule has 46 heavy (non-hydrogen) atoms. The Morgan fingerprint density at radius 1 is 0.913 bits per heavy atom. The molecule has 248 valence electrons. The minimum Gasteiger partial charge on any atom is -0.492 e. The minimum absolute atomic E-state index is 0.0118. The molecule has 3 aromatic carbocycles. The summed E-state index contributed by atoms with van der Waals surface area (Å²) in [5.74, 6) is -0.0231. The number of ether oxygens (including phenoxy) is 1. The summed E-state index contributed by atoms with van der Waals surface area (Å²) in [5.41, 5.74) is 8.10. The summed E-state index contributed by atoms with van der Waals surface area (Å²) >= 11 is 0. The van der Waals surface area contributed by atoms with Crippen LogP contribution in [0.5, 0.6) is 5.75 Å². The largest absolute Gasteiger partial charge is 0.492 e. The smallest absolute Gasteiger partial charge is 0.271 e. The van der Waals surface area contributed by atoms with Crippen molar-refractivity contribution < 1.29 is 24.5 Å². The molecule has 0 spiro atoms. The molecular formula is C37H50N4O5. The Morgan fingerprint density at radius 2 is 1.63 bits per heavy atom. The number of ketones is 1. The second kappa shape index (κ2) is 18.3. The molecule has 0 bridgehead atoms. The molecule has 3 rings (SSSR count).